The Labute approximate surface area is 120 Å². The van der Waals surface area contributed by atoms with Gasteiger partial charge in [-0.1, -0.05) is 0 Å². The molecule has 0 bridgehead atoms. The Hall–Kier alpha value is -0.910. The van der Waals surface area contributed by atoms with Crippen molar-refractivity contribution in [3.8, 4) is 0 Å². The smallest absolute Gasteiger partial charge is 0.197 e. The van der Waals surface area contributed by atoms with Crippen molar-refractivity contribution in [2.24, 2.45) is 0 Å². The molecule has 0 aromatic carbocycles. The first-order valence-electron chi connectivity index (χ1n) is 7.83. The zero-order valence-electron chi connectivity index (χ0n) is 12.1. The lowest BCUT2D eigenvalue weighted by Gasteiger charge is -2.32. The van der Waals surface area contributed by atoms with Gasteiger partial charge in [0.15, 0.2) is 5.89 Å². The third kappa shape index (κ3) is 3.59. The number of hydrogen-bond acceptors (Lipinski definition) is 5. The van der Waals surface area contributed by atoms with Gasteiger partial charge in [-0.3, -0.25) is 0 Å². The molecule has 5 heteroatoms. The quantitative estimate of drug-likeness (QED) is 0.881. The van der Waals surface area contributed by atoms with E-state index in [0.717, 1.165) is 58.0 Å². The minimum Gasteiger partial charge on any atom is -0.449 e. The lowest BCUT2D eigenvalue weighted by molar-refractivity contribution is 0.0697. The highest BCUT2D eigenvalue weighted by Gasteiger charge is 2.25. The SMILES string of the molecule is OC(CN1CCCC1)CN1CCC(c2ncco2)CC1. The molecule has 20 heavy (non-hydrogen) atoms. The van der Waals surface area contributed by atoms with Gasteiger partial charge >= 0.3 is 0 Å². The number of piperidine rings is 1. The molecule has 0 saturated carbocycles. The summed E-state index contributed by atoms with van der Waals surface area (Å²) in [5.74, 6) is 1.33. The second-order valence-electron chi connectivity index (χ2n) is 6.11. The van der Waals surface area contributed by atoms with Crippen molar-refractivity contribution in [1.29, 1.82) is 0 Å². The van der Waals surface area contributed by atoms with Crippen LogP contribution in [0.15, 0.2) is 16.9 Å². The summed E-state index contributed by atoms with van der Waals surface area (Å²) < 4.78 is 5.39. The van der Waals surface area contributed by atoms with E-state index in [2.05, 4.69) is 14.8 Å². The molecule has 0 spiro atoms. The summed E-state index contributed by atoms with van der Waals surface area (Å²) in [7, 11) is 0. The van der Waals surface area contributed by atoms with Crippen LogP contribution in [0.2, 0.25) is 0 Å². The number of likely N-dealkylation sites (tertiary alicyclic amines) is 2. The molecular weight excluding hydrogens is 254 g/mol. The van der Waals surface area contributed by atoms with Crippen molar-refractivity contribution in [1.82, 2.24) is 14.8 Å². The second-order valence-corrected chi connectivity index (χ2v) is 6.11. The topological polar surface area (TPSA) is 52.7 Å². The number of aromatic nitrogens is 1. The Balaban J connectivity index is 1.39. The number of aliphatic hydroxyl groups excluding tert-OH is 1. The van der Waals surface area contributed by atoms with E-state index in [1.807, 2.05) is 0 Å². The minimum atomic E-state index is -0.216. The van der Waals surface area contributed by atoms with Crippen LogP contribution in [0, 0.1) is 0 Å². The molecular formula is C15H25N3O2. The molecule has 1 atom stereocenters. The Morgan fingerprint density at radius 3 is 2.40 bits per heavy atom. The Kier molecular flexibility index (Phi) is 4.70. The summed E-state index contributed by atoms with van der Waals surface area (Å²) in [6.07, 6.45) is 7.89. The summed E-state index contributed by atoms with van der Waals surface area (Å²) in [5, 5.41) is 10.2. The Bertz CT molecular complexity index is 382. The number of aliphatic hydroxyl groups is 1. The molecule has 2 fully saturated rings. The van der Waals surface area contributed by atoms with Crippen LogP contribution in [0.1, 0.15) is 37.5 Å². The highest BCUT2D eigenvalue weighted by Crippen LogP contribution is 2.26. The van der Waals surface area contributed by atoms with Gasteiger partial charge in [-0.15, -0.1) is 0 Å². The van der Waals surface area contributed by atoms with Crippen LogP contribution < -0.4 is 0 Å². The van der Waals surface area contributed by atoms with E-state index in [9.17, 15) is 5.11 Å². The predicted octanol–water partition coefficient (Wildman–Crippen LogP) is 1.31. The van der Waals surface area contributed by atoms with Gasteiger partial charge in [0.2, 0.25) is 0 Å². The van der Waals surface area contributed by atoms with E-state index >= 15 is 0 Å². The molecule has 1 aromatic rings. The molecule has 0 amide bonds. The van der Waals surface area contributed by atoms with Crippen molar-refractivity contribution in [3.05, 3.63) is 18.4 Å². The molecule has 3 heterocycles. The van der Waals surface area contributed by atoms with Gasteiger partial charge in [-0.05, 0) is 51.9 Å². The fourth-order valence-corrected chi connectivity index (χ4v) is 3.42. The van der Waals surface area contributed by atoms with Crippen molar-refractivity contribution < 1.29 is 9.52 Å². The average molecular weight is 279 g/mol. The predicted molar refractivity (Wildman–Crippen MR) is 76.6 cm³/mol. The van der Waals surface area contributed by atoms with Gasteiger partial charge in [0.05, 0.1) is 12.3 Å². The fraction of sp³-hybridized carbons (Fsp3) is 0.800. The lowest BCUT2D eigenvalue weighted by atomic mass is 9.96. The minimum absolute atomic E-state index is 0.216. The summed E-state index contributed by atoms with van der Waals surface area (Å²) in [4.78, 5) is 9.01. The van der Waals surface area contributed by atoms with E-state index in [0.29, 0.717) is 5.92 Å². The van der Waals surface area contributed by atoms with Crippen molar-refractivity contribution in [2.75, 3.05) is 39.3 Å². The molecule has 2 aliphatic heterocycles. The summed E-state index contributed by atoms with van der Waals surface area (Å²) >= 11 is 0. The maximum atomic E-state index is 10.2. The standard InChI is InChI=1S/C15H25N3O2/c19-14(11-17-6-1-2-7-17)12-18-8-3-13(4-9-18)15-16-5-10-20-15/h5,10,13-14,19H,1-4,6-9,11-12H2. The van der Waals surface area contributed by atoms with Gasteiger partial charge in [0.25, 0.3) is 0 Å². The molecule has 1 unspecified atom stereocenters. The molecule has 2 saturated heterocycles. The summed E-state index contributed by atoms with van der Waals surface area (Å²) in [6.45, 7) is 6.01. The van der Waals surface area contributed by atoms with Gasteiger partial charge in [-0.2, -0.15) is 0 Å². The second kappa shape index (κ2) is 6.70. The highest BCUT2D eigenvalue weighted by molar-refractivity contribution is 4.94. The van der Waals surface area contributed by atoms with Crippen molar-refractivity contribution in [2.45, 2.75) is 37.7 Å². The van der Waals surface area contributed by atoms with Gasteiger partial charge in [0, 0.05) is 19.0 Å². The van der Waals surface area contributed by atoms with Crippen LogP contribution in [-0.2, 0) is 0 Å². The Morgan fingerprint density at radius 2 is 1.80 bits per heavy atom. The molecule has 1 N–H and O–H groups in total. The zero-order chi connectivity index (χ0) is 13.8. The van der Waals surface area contributed by atoms with Crippen molar-refractivity contribution in [3.63, 3.8) is 0 Å². The van der Waals surface area contributed by atoms with Crippen LogP contribution in [0.5, 0.6) is 0 Å². The molecule has 0 aliphatic carbocycles. The number of oxazole rings is 1. The first-order valence-corrected chi connectivity index (χ1v) is 7.83. The third-order valence-corrected chi connectivity index (χ3v) is 4.52. The van der Waals surface area contributed by atoms with Crippen LogP contribution in [0.3, 0.4) is 0 Å². The maximum absolute atomic E-state index is 10.2. The molecule has 2 aliphatic rings. The lowest BCUT2D eigenvalue weighted by Crippen LogP contribution is -2.42. The largest absolute Gasteiger partial charge is 0.449 e. The van der Waals surface area contributed by atoms with E-state index < -0.39 is 0 Å². The molecule has 3 rings (SSSR count). The molecule has 1 aromatic heterocycles. The normalized spacial score (nSPS) is 24.2. The Morgan fingerprint density at radius 1 is 1.15 bits per heavy atom. The average Bonchev–Trinajstić information content (AvgIpc) is 3.12. The van der Waals surface area contributed by atoms with Gasteiger partial charge < -0.3 is 19.3 Å². The molecule has 112 valence electrons. The molecule has 5 nitrogen and oxygen atoms in total. The first-order chi connectivity index (χ1) is 9.81. The van der Waals surface area contributed by atoms with Crippen molar-refractivity contribution >= 4 is 0 Å². The number of hydrogen-bond donors (Lipinski definition) is 1. The van der Waals surface area contributed by atoms with E-state index in [1.165, 1.54) is 12.8 Å². The molecule has 0 radical (unpaired) electrons. The summed E-state index contributed by atoms with van der Waals surface area (Å²) in [5.41, 5.74) is 0. The van der Waals surface area contributed by atoms with Crippen LogP contribution in [-0.4, -0.2) is 65.3 Å². The van der Waals surface area contributed by atoms with Gasteiger partial charge in [-0.25, -0.2) is 4.98 Å². The maximum Gasteiger partial charge on any atom is 0.197 e. The summed E-state index contributed by atoms with van der Waals surface area (Å²) in [6, 6.07) is 0. The van der Waals surface area contributed by atoms with Crippen LogP contribution >= 0.6 is 0 Å². The van der Waals surface area contributed by atoms with E-state index in [1.54, 1.807) is 12.5 Å². The zero-order valence-corrected chi connectivity index (χ0v) is 12.1. The number of nitrogens with zero attached hydrogens (tertiary/aromatic N) is 3. The third-order valence-electron chi connectivity index (χ3n) is 4.52. The first kappa shape index (κ1) is 14.0. The fourth-order valence-electron chi connectivity index (χ4n) is 3.42. The van der Waals surface area contributed by atoms with Crippen LogP contribution in [0.25, 0.3) is 0 Å². The van der Waals surface area contributed by atoms with Gasteiger partial charge in [0.1, 0.15) is 6.26 Å². The van der Waals surface area contributed by atoms with E-state index in [4.69, 9.17) is 4.42 Å². The highest BCUT2D eigenvalue weighted by atomic mass is 16.3. The van der Waals surface area contributed by atoms with E-state index in [-0.39, 0.29) is 6.10 Å². The number of rotatable bonds is 5. The number of β-amino-alcohol motifs (C(OH)–C–C–N with tert-alkyl or cyclic N) is 1. The monoisotopic (exact) mass is 279 g/mol. The van der Waals surface area contributed by atoms with Crippen LogP contribution in [0.4, 0.5) is 0 Å².